The Hall–Kier alpha value is -1.74. The minimum absolute atomic E-state index is 0.247. The molecule has 1 aromatic heterocycles. The fourth-order valence-corrected chi connectivity index (χ4v) is 2.03. The lowest BCUT2D eigenvalue weighted by atomic mass is 9.97. The van der Waals surface area contributed by atoms with Gasteiger partial charge in [0.2, 0.25) is 0 Å². The van der Waals surface area contributed by atoms with Gasteiger partial charge in [0, 0.05) is 24.4 Å². The van der Waals surface area contributed by atoms with Gasteiger partial charge in [0.05, 0.1) is 6.10 Å². The van der Waals surface area contributed by atoms with Crippen molar-refractivity contribution in [1.29, 1.82) is 0 Å². The van der Waals surface area contributed by atoms with E-state index in [2.05, 4.69) is 4.98 Å². The van der Waals surface area contributed by atoms with E-state index in [4.69, 9.17) is 0 Å². The molecule has 1 atom stereocenters. The van der Waals surface area contributed by atoms with E-state index in [1.54, 1.807) is 18.5 Å². The molecule has 0 fully saturated rings. The van der Waals surface area contributed by atoms with Crippen LogP contribution in [-0.4, -0.2) is 10.1 Å². The summed E-state index contributed by atoms with van der Waals surface area (Å²) in [5.41, 5.74) is 3.64. The second-order valence-electron chi connectivity index (χ2n) is 4.52. The molecule has 1 N–H and O–H groups in total. The topological polar surface area (TPSA) is 33.1 Å². The second kappa shape index (κ2) is 5.27. The van der Waals surface area contributed by atoms with Crippen LogP contribution in [0.15, 0.2) is 36.7 Å². The van der Waals surface area contributed by atoms with Crippen LogP contribution in [0, 0.1) is 19.7 Å². The molecule has 0 amide bonds. The highest BCUT2D eigenvalue weighted by Crippen LogP contribution is 2.22. The molecule has 0 aliphatic carbocycles. The van der Waals surface area contributed by atoms with Crippen molar-refractivity contribution < 1.29 is 9.50 Å². The zero-order chi connectivity index (χ0) is 13.1. The second-order valence-corrected chi connectivity index (χ2v) is 4.52. The van der Waals surface area contributed by atoms with Crippen LogP contribution < -0.4 is 0 Å². The van der Waals surface area contributed by atoms with E-state index in [0.29, 0.717) is 6.42 Å². The first-order valence-corrected chi connectivity index (χ1v) is 5.91. The van der Waals surface area contributed by atoms with Crippen LogP contribution in [0.25, 0.3) is 0 Å². The summed E-state index contributed by atoms with van der Waals surface area (Å²) in [6, 6.07) is 6.50. The zero-order valence-electron chi connectivity index (χ0n) is 10.5. The van der Waals surface area contributed by atoms with Gasteiger partial charge in [0.1, 0.15) is 5.82 Å². The normalized spacial score (nSPS) is 12.4. The van der Waals surface area contributed by atoms with E-state index >= 15 is 0 Å². The van der Waals surface area contributed by atoms with Gasteiger partial charge in [-0.2, -0.15) is 0 Å². The van der Waals surface area contributed by atoms with E-state index in [1.807, 2.05) is 19.9 Å². The maximum Gasteiger partial charge on any atom is 0.123 e. The fraction of sp³-hybridized carbons (Fsp3) is 0.267. The van der Waals surface area contributed by atoms with E-state index in [1.165, 1.54) is 12.1 Å². The Kier molecular flexibility index (Phi) is 3.72. The van der Waals surface area contributed by atoms with Gasteiger partial charge < -0.3 is 5.11 Å². The monoisotopic (exact) mass is 245 g/mol. The van der Waals surface area contributed by atoms with Crippen molar-refractivity contribution in [3.63, 3.8) is 0 Å². The predicted octanol–water partition coefficient (Wildman–Crippen LogP) is 3.11. The highest BCUT2D eigenvalue weighted by atomic mass is 19.1. The van der Waals surface area contributed by atoms with E-state index in [-0.39, 0.29) is 5.82 Å². The van der Waals surface area contributed by atoms with Crippen LogP contribution in [0.4, 0.5) is 4.39 Å². The summed E-state index contributed by atoms with van der Waals surface area (Å²) in [4.78, 5) is 4.02. The number of aryl methyl sites for hydroxylation is 2. The largest absolute Gasteiger partial charge is 0.388 e. The van der Waals surface area contributed by atoms with E-state index in [0.717, 1.165) is 22.3 Å². The number of halogens is 1. The Labute approximate surface area is 106 Å². The molecule has 0 aliphatic rings. The van der Waals surface area contributed by atoms with Crippen molar-refractivity contribution in [3.05, 3.63) is 64.7 Å². The van der Waals surface area contributed by atoms with E-state index < -0.39 is 6.10 Å². The Morgan fingerprint density at radius 3 is 2.67 bits per heavy atom. The number of hydrogen-bond acceptors (Lipinski definition) is 2. The molecule has 0 radical (unpaired) electrons. The van der Waals surface area contributed by atoms with Gasteiger partial charge in [-0.15, -0.1) is 0 Å². The van der Waals surface area contributed by atoms with Crippen molar-refractivity contribution in [2.24, 2.45) is 0 Å². The molecule has 0 saturated carbocycles. The van der Waals surface area contributed by atoms with Crippen molar-refractivity contribution in [2.75, 3.05) is 0 Å². The molecule has 0 spiro atoms. The summed E-state index contributed by atoms with van der Waals surface area (Å²) in [6.07, 6.45) is 3.24. The molecule has 94 valence electrons. The smallest absolute Gasteiger partial charge is 0.123 e. The number of aromatic nitrogens is 1. The molecule has 2 rings (SSSR count). The summed E-state index contributed by atoms with van der Waals surface area (Å²) in [7, 11) is 0. The molecule has 0 aliphatic heterocycles. The predicted molar refractivity (Wildman–Crippen MR) is 68.8 cm³/mol. The van der Waals surface area contributed by atoms with Crippen molar-refractivity contribution in [2.45, 2.75) is 26.4 Å². The standard InChI is InChI=1S/C15H16FNO/c1-10-5-6-17-9-14(10)15(18)8-12-3-4-13(16)7-11(12)2/h3-7,9,15,18H,8H2,1-2H3. The Bertz CT molecular complexity index is 554. The Balaban J connectivity index is 2.21. The SMILES string of the molecule is Cc1cc(F)ccc1CC(O)c1cnccc1C. The number of hydrogen-bond donors (Lipinski definition) is 1. The van der Waals surface area contributed by atoms with Crippen LogP contribution in [0.2, 0.25) is 0 Å². The van der Waals surface area contributed by atoms with Crippen molar-refractivity contribution >= 4 is 0 Å². The first-order valence-electron chi connectivity index (χ1n) is 5.91. The third-order valence-corrected chi connectivity index (χ3v) is 3.16. The van der Waals surface area contributed by atoms with Gasteiger partial charge in [-0.3, -0.25) is 4.98 Å². The van der Waals surface area contributed by atoms with Crippen molar-refractivity contribution in [1.82, 2.24) is 4.98 Å². The van der Waals surface area contributed by atoms with Gasteiger partial charge in [-0.1, -0.05) is 6.07 Å². The maximum atomic E-state index is 13.0. The van der Waals surface area contributed by atoms with Gasteiger partial charge in [-0.05, 0) is 48.7 Å². The zero-order valence-corrected chi connectivity index (χ0v) is 10.5. The van der Waals surface area contributed by atoms with Crippen LogP contribution in [-0.2, 0) is 6.42 Å². The summed E-state index contributed by atoms with van der Waals surface area (Å²) in [6.45, 7) is 3.79. The number of nitrogens with zero attached hydrogens (tertiary/aromatic N) is 1. The summed E-state index contributed by atoms with van der Waals surface area (Å²) >= 11 is 0. The molecular formula is C15H16FNO. The Morgan fingerprint density at radius 2 is 2.00 bits per heavy atom. The average molecular weight is 245 g/mol. The molecule has 0 saturated heterocycles. The Morgan fingerprint density at radius 1 is 1.22 bits per heavy atom. The summed E-state index contributed by atoms with van der Waals surface area (Å²) < 4.78 is 13.0. The van der Waals surface area contributed by atoms with Crippen LogP contribution in [0.3, 0.4) is 0 Å². The number of pyridine rings is 1. The minimum Gasteiger partial charge on any atom is -0.388 e. The average Bonchev–Trinajstić information content (AvgIpc) is 2.33. The molecule has 2 nitrogen and oxygen atoms in total. The van der Waals surface area contributed by atoms with Crippen LogP contribution in [0.1, 0.15) is 28.4 Å². The molecule has 1 heterocycles. The minimum atomic E-state index is -0.608. The van der Waals surface area contributed by atoms with Gasteiger partial charge in [-0.25, -0.2) is 4.39 Å². The molecular weight excluding hydrogens is 229 g/mol. The van der Waals surface area contributed by atoms with Crippen LogP contribution >= 0.6 is 0 Å². The first kappa shape index (κ1) is 12.7. The third-order valence-electron chi connectivity index (χ3n) is 3.16. The lowest BCUT2D eigenvalue weighted by Gasteiger charge is -2.14. The summed E-state index contributed by atoms with van der Waals surface area (Å²) in [5.74, 6) is -0.247. The number of rotatable bonds is 3. The van der Waals surface area contributed by atoms with Crippen molar-refractivity contribution in [3.8, 4) is 0 Å². The van der Waals surface area contributed by atoms with Gasteiger partial charge in [0.25, 0.3) is 0 Å². The lowest BCUT2D eigenvalue weighted by Crippen LogP contribution is -2.05. The molecule has 1 unspecified atom stereocenters. The highest BCUT2D eigenvalue weighted by molar-refractivity contribution is 5.30. The lowest BCUT2D eigenvalue weighted by molar-refractivity contribution is 0.177. The van der Waals surface area contributed by atoms with E-state index in [9.17, 15) is 9.50 Å². The molecule has 3 heteroatoms. The summed E-state index contributed by atoms with van der Waals surface area (Å²) in [5, 5.41) is 10.2. The fourth-order valence-electron chi connectivity index (χ4n) is 2.03. The number of aliphatic hydroxyl groups is 1. The number of aliphatic hydroxyl groups excluding tert-OH is 1. The first-order chi connectivity index (χ1) is 8.58. The van der Waals surface area contributed by atoms with Gasteiger partial charge in [0.15, 0.2) is 0 Å². The quantitative estimate of drug-likeness (QED) is 0.901. The highest BCUT2D eigenvalue weighted by Gasteiger charge is 2.12. The molecule has 1 aromatic carbocycles. The molecule has 18 heavy (non-hydrogen) atoms. The maximum absolute atomic E-state index is 13.0. The molecule has 2 aromatic rings. The third kappa shape index (κ3) is 2.74. The van der Waals surface area contributed by atoms with Crippen LogP contribution in [0.5, 0.6) is 0 Å². The van der Waals surface area contributed by atoms with Gasteiger partial charge >= 0.3 is 0 Å². The number of benzene rings is 1. The molecule has 0 bridgehead atoms.